The summed E-state index contributed by atoms with van der Waals surface area (Å²) in [5.41, 5.74) is 0.295. The van der Waals surface area contributed by atoms with E-state index in [-0.39, 0.29) is 23.3 Å². The molecule has 2 rings (SSSR count). The van der Waals surface area contributed by atoms with Gasteiger partial charge < -0.3 is 4.42 Å². The summed E-state index contributed by atoms with van der Waals surface area (Å²) < 4.78 is 67.8. The maximum atomic E-state index is 13.0. The quantitative estimate of drug-likeness (QED) is 0.836. The van der Waals surface area contributed by atoms with Gasteiger partial charge in [-0.1, -0.05) is 19.8 Å². The first kappa shape index (κ1) is 15.4. The zero-order valence-corrected chi connectivity index (χ0v) is 12.0. The van der Waals surface area contributed by atoms with Gasteiger partial charge in [0.25, 0.3) is 0 Å². The van der Waals surface area contributed by atoms with Crippen molar-refractivity contribution in [2.75, 3.05) is 5.75 Å². The van der Waals surface area contributed by atoms with Gasteiger partial charge in [0.2, 0.25) is 20.7 Å². The van der Waals surface area contributed by atoms with Crippen LogP contribution < -0.4 is 0 Å². The van der Waals surface area contributed by atoms with E-state index in [0.717, 1.165) is 12.8 Å². The van der Waals surface area contributed by atoms with Crippen LogP contribution in [0.3, 0.4) is 0 Å². The lowest BCUT2D eigenvalue weighted by molar-refractivity contribution is -0.155. The summed E-state index contributed by atoms with van der Waals surface area (Å²) in [5.74, 6) is -1.38. The molecule has 0 saturated heterocycles. The highest BCUT2D eigenvalue weighted by molar-refractivity contribution is 7.91. The first-order chi connectivity index (χ1) is 9.27. The fourth-order valence-corrected chi connectivity index (χ4v) is 3.64. The molecule has 1 aromatic heterocycles. The summed E-state index contributed by atoms with van der Waals surface area (Å²) in [6.07, 6.45) is -1.01. The first-order valence-corrected chi connectivity index (χ1v) is 8.37. The Labute approximate surface area is 116 Å². The van der Waals surface area contributed by atoms with E-state index in [1.54, 1.807) is 0 Å². The van der Waals surface area contributed by atoms with Crippen LogP contribution in [0.5, 0.6) is 0 Å². The molecule has 0 aliphatic heterocycles. The van der Waals surface area contributed by atoms with Gasteiger partial charge in [-0.2, -0.15) is 13.2 Å². The third kappa shape index (κ3) is 2.87. The van der Waals surface area contributed by atoms with E-state index in [9.17, 15) is 21.6 Å². The summed E-state index contributed by atoms with van der Waals surface area (Å²) in [4.78, 5) is 0. The van der Waals surface area contributed by atoms with Crippen molar-refractivity contribution >= 4 is 9.84 Å². The number of rotatable bonds is 2. The molecule has 1 aliphatic rings. The Morgan fingerprint density at radius 2 is 1.60 bits per heavy atom. The van der Waals surface area contributed by atoms with E-state index in [2.05, 4.69) is 0 Å². The maximum Gasteiger partial charge on any atom is 0.449 e. The molecule has 0 amide bonds. The van der Waals surface area contributed by atoms with E-state index in [1.165, 1.54) is 6.92 Å². The normalized spacial score (nSPS) is 17.4. The second-order valence-corrected chi connectivity index (χ2v) is 7.17. The summed E-state index contributed by atoms with van der Waals surface area (Å²) in [6, 6.07) is 0. The monoisotopic (exact) mass is 310 g/mol. The van der Waals surface area contributed by atoms with Crippen LogP contribution >= 0.6 is 0 Å². The third-order valence-electron chi connectivity index (χ3n) is 3.60. The van der Waals surface area contributed by atoms with E-state index in [1.807, 2.05) is 0 Å². The molecular formula is C13H17F3O3S. The zero-order valence-electron chi connectivity index (χ0n) is 11.2. The zero-order chi connectivity index (χ0) is 15.0. The number of hydrogen-bond donors (Lipinski definition) is 0. The third-order valence-corrected chi connectivity index (χ3v) is 5.26. The molecule has 0 bridgehead atoms. The van der Waals surface area contributed by atoms with Crippen molar-refractivity contribution in [3.63, 3.8) is 0 Å². The highest BCUT2D eigenvalue weighted by Gasteiger charge is 2.42. The van der Waals surface area contributed by atoms with Crippen molar-refractivity contribution in [3.05, 3.63) is 16.9 Å². The minimum absolute atomic E-state index is 0.0456. The fraction of sp³-hybridized carbons (Fsp3) is 0.692. The van der Waals surface area contributed by atoms with Gasteiger partial charge in [-0.15, -0.1) is 0 Å². The molecule has 0 radical (unpaired) electrons. The van der Waals surface area contributed by atoms with Gasteiger partial charge in [0.05, 0.1) is 5.75 Å². The lowest BCUT2D eigenvalue weighted by Crippen LogP contribution is -2.09. The number of fused-ring (bicyclic) bond motifs is 1. The number of furan rings is 1. The van der Waals surface area contributed by atoms with Crippen LogP contribution in [0.15, 0.2) is 9.51 Å². The smallest absolute Gasteiger partial charge is 0.440 e. The Morgan fingerprint density at radius 1 is 1.05 bits per heavy atom. The number of halogens is 3. The molecule has 20 heavy (non-hydrogen) atoms. The minimum atomic E-state index is -4.65. The number of sulfone groups is 1. The molecule has 0 fully saturated rings. The van der Waals surface area contributed by atoms with Crippen molar-refractivity contribution in [2.24, 2.45) is 0 Å². The average Bonchev–Trinajstić information content (AvgIpc) is 2.67. The molecular weight excluding hydrogens is 293 g/mol. The van der Waals surface area contributed by atoms with Crippen molar-refractivity contribution in [2.45, 2.75) is 56.7 Å². The fourth-order valence-electron chi connectivity index (χ4n) is 2.56. The van der Waals surface area contributed by atoms with Crippen LogP contribution in [-0.4, -0.2) is 14.2 Å². The van der Waals surface area contributed by atoms with Gasteiger partial charge in [0, 0.05) is 11.1 Å². The van der Waals surface area contributed by atoms with Gasteiger partial charge in [0.1, 0.15) is 0 Å². The number of hydrogen-bond acceptors (Lipinski definition) is 3. The van der Waals surface area contributed by atoms with Crippen LogP contribution in [0.25, 0.3) is 0 Å². The van der Waals surface area contributed by atoms with Gasteiger partial charge in [-0.25, -0.2) is 8.42 Å². The van der Waals surface area contributed by atoms with Crippen LogP contribution in [0.2, 0.25) is 0 Å². The van der Waals surface area contributed by atoms with E-state index >= 15 is 0 Å². The van der Waals surface area contributed by atoms with Crippen LogP contribution in [0, 0.1) is 0 Å². The molecule has 0 atom stereocenters. The van der Waals surface area contributed by atoms with Crippen molar-refractivity contribution in [1.29, 1.82) is 0 Å². The second-order valence-electron chi connectivity index (χ2n) is 4.99. The molecule has 1 aliphatic carbocycles. The first-order valence-electron chi connectivity index (χ1n) is 6.72. The summed E-state index contributed by atoms with van der Waals surface area (Å²) in [7, 11) is -3.77. The highest BCUT2D eigenvalue weighted by Crippen LogP contribution is 2.40. The Balaban J connectivity index is 2.65. The standard InChI is InChI=1S/C13H17F3O3S/c1-2-20(17,18)12-10-8-6-4-3-5-7-9(10)11(19-12)13(14,15)16/h2-8H2,1H3. The van der Waals surface area contributed by atoms with Crippen LogP contribution in [0.4, 0.5) is 13.2 Å². The highest BCUT2D eigenvalue weighted by atomic mass is 32.2. The summed E-state index contributed by atoms with van der Waals surface area (Å²) in [6.45, 7) is 1.40. The molecule has 1 aromatic rings. The lowest BCUT2D eigenvalue weighted by Gasteiger charge is -2.11. The molecule has 3 nitrogen and oxygen atoms in total. The van der Waals surface area contributed by atoms with Crippen LogP contribution in [-0.2, 0) is 28.9 Å². The van der Waals surface area contributed by atoms with Gasteiger partial charge >= 0.3 is 6.18 Å². The second kappa shape index (κ2) is 5.42. The SMILES string of the molecule is CCS(=O)(=O)c1oc(C(F)(F)F)c2c1CCCCCC2. The van der Waals surface area contributed by atoms with E-state index < -0.39 is 26.9 Å². The molecule has 7 heteroatoms. The Bertz CT molecular complexity index is 585. The average molecular weight is 310 g/mol. The molecule has 0 unspecified atom stereocenters. The Hall–Kier alpha value is -0.980. The molecule has 0 saturated carbocycles. The molecule has 114 valence electrons. The van der Waals surface area contributed by atoms with Crippen LogP contribution in [0.1, 0.15) is 49.5 Å². The predicted octanol–water partition coefficient (Wildman–Crippen LogP) is 3.75. The van der Waals surface area contributed by atoms with Gasteiger partial charge in [-0.05, 0) is 25.7 Å². The largest absolute Gasteiger partial charge is 0.449 e. The summed E-state index contributed by atoms with van der Waals surface area (Å²) >= 11 is 0. The van der Waals surface area contributed by atoms with Gasteiger partial charge in [-0.3, -0.25) is 0 Å². The summed E-state index contributed by atoms with van der Waals surface area (Å²) in [5, 5.41) is -0.468. The molecule has 0 aromatic carbocycles. The van der Waals surface area contributed by atoms with Gasteiger partial charge in [0.15, 0.2) is 0 Å². The van der Waals surface area contributed by atoms with Crippen molar-refractivity contribution < 1.29 is 26.0 Å². The Kier molecular flexibility index (Phi) is 4.18. The maximum absolute atomic E-state index is 13.0. The van der Waals surface area contributed by atoms with E-state index in [0.29, 0.717) is 19.3 Å². The van der Waals surface area contributed by atoms with E-state index in [4.69, 9.17) is 4.42 Å². The lowest BCUT2D eigenvalue weighted by atomic mass is 9.95. The molecule has 0 N–H and O–H groups in total. The molecule has 1 heterocycles. The van der Waals surface area contributed by atoms with Crippen molar-refractivity contribution in [3.8, 4) is 0 Å². The predicted molar refractivity (Wildman–Crippen MR) is 67.3 cm³/mol. The molecule has 0 spiro atoms. The Morgan fingerprint density at radius 3 is 2.10 bits per heavy atom. The number of alkyl halides is 3. The minimum Gasteiger partial charge on any atom is -0.440 e. The topological polar surface area (TPSA) is 47.3 Å². The van der Waals surface area contributed by atoms with Crippen molar-refractivity contribution in [1.82, 2.24) is 0 Å².